The predicted molar refractivity (Wildman–Crippen MR) is 94.1 cm³/mol. The zero-order chi connectivity index (χ0) is 17.3. The van der Waals surface area contributed by atoms with Crippen LogP contribution in [-0.4, -0.2) is 20.2 Å². The molecule has 2 N–H and O–H groups in total. The van der Waals surface area contributed by atoms with E-state index in [1.165, 1.54) is 6.07 Å². The molecule has 6 nitrogen and oxygen atoms in total. The van der Waals surface area contributed by atoms with Gasteiger partial charge in [0, 0.05) is 0 Å². The molecule has 0 saturated heterocycles. The summed E-state index contributed by atoms with van der Waals surface area (Å²) in [6.07, 6.45) is -0.211. The molecule has 0 spiro atoms. The van der Waals surface area contributed by atoms with E-state index in [0.29, 0.717) is 16.4 Å². The largest absolute Gasteiger partial charge is 0.341 e. The number of carbonyl (C=O) groups excluding carboxylic acids is 1. The van der Waals surface area contributed by atoms with Gasteiger partial charge in [-0.3, -0.25) is 4.79 Å². The lowest BCUT2D eigenvalue weighted by Gasteiger charge is -2.17. The average Bonchev–Trinajstić information content (AvgIpc) is 2.49. The molecule has 0 saturated carbocycles. The molecule has 0 fully saturated rings. The number of nitrogens with one attached hydrogen (secondary N) is 2. The molecule has 0 bridgehead atoms. The quantitative estimate of drug-likeness (QED) is 0.876. The fourth-order valence-electron chi connectivity index (χ4n) is 2.31. The predicted octanol–water partition coefficient (Wildman–Crippen LogP) is 3.19. The molecular weight excluding hydrogens is 350 g/mol. The number of rotatable bonds is 3. The van der Waals surface area contributed by atoms with Crippen LogP contribution in [-0.2, 0) is 14.8 Å². The SMILES string of the molecule is Cc1ccc(NC(=O)CC2=NS(=O)(=O)c3ccccc3N2)c(Cl)c1. The molecule has 0 aliphatic carbocycles. The van der Waals surface area contributed by atoms with Crippen LogP contribution in [0.5, 0.6) is 0 Å². The molecular formula is C16H14ClN3O3S. The summed E-state index contributed by atoms with van der Waals surface area (Å²) in [7, 11) is -3.80. The van der Waals surface area contributed by atoms with E-state index in [4.69, 9.17) is 11.6 Å². The second-order valence-corrected chi connectivity index (χ2v) is 7.32. The fourth-order valence-corrected chi connectivity index (χ4v) is 3.74. The molecule has 2 aromatic carbocycles. The zero-order valence-electron chi connectivity index (χ0n) is 12.7. The van der Waals surface area contributed by atoms with Gasteiger partial charge in [0.1, 0.15) is 10.7 Å². The molecule has 0 radical (unpaired) electrons. The van der Waals surface area contributed by atoms with Crippen molar-refractivity contribution in [2.24, 2.45) is 4.40 Å². The summed E-state index contributed by atoms with van der Waals surface area (Å²) in [5.41, 5.74) is 1.84. The van der Waals surface area contributed by atoms with Gasteiger partial charge in [-0.05, 0) is 36.8 Å². The van der Waals surface area contributed by atoms with Gasteiger partial charge in [0.25, 0.3) is 10.0 Å². The van der Waals surface area contributed by atoms with Gasteiger partial charge in [0.05, 0.1) is 22.8 Å². The van der Waals surface area contributed by atoms with Gasteiger partial charge in [-0.1, -0.05) is 29.8 Å². The minimum atomic E-state index is -3.80. The van der Waals surface area contributed by atoms with Crippen molar-refractivity contribution < 1.29 is 13.2 Å². The van der Waals surface area contributed by atoms with Crippen molar-refractivity contribution in [1.29, 1.82) is 0 Å². The van der Waals surface area contributed by atoms with Gasteiger partial charge < -0.3 is 10.6 Å². The molecule has 0 atom stereocenters. The van der Waals surface area contributed by atoms with E-state index in [9.17, 15) is 13.2 Å². The minimum Gasteiger partial charge on any atom is -0.341 e. The highest BCUT2D eigenvalue weighted by Crippen LogP contribution is 2.27. The Bertz CT molecular complexity index is 955. The first-order valence-corrected chi connectivity index (χ1v) is 8.93. The number of hydrogen-bond acceptors (Lipinski definition) is 4. The summed E-state index contributed by atoms with van der Waals surface area (Å²) in [4.78, 5) is 12.2. The molecule has 1 aliphatic rings. The van der Waals surface area contributed by atoms with E-state index in [-0.39, 0.29) is 17.2 Å². The Hall–Kier alpha value is -2.38. The third-order valence-corrected chi connectivity index (χ3v) is 5.09. The molecule has 1 heterocycles. The molecule has 1 aliphatic heterocycles. The minimum absolute atomic E-state index is 0.0643. The van der Waals surface area contributed by atoms with Gasteiger partial charge in [0.15, 0.2) is 0 Å². The van der Waals surface area contributed by atoms with Crippen LogP contribution >= 0.6 is 11.6 Å². The maximum absolute atomic E-state index is 12.2. The number of nitrogens with zero attached hydrogens (tertiary/aromatic N) is 1. The van der Waals surface area contributed by atoms with Crippen LogP contribution < -0.4 is 10.6 Å². The van der Waals surface area contributed by atoms with Crippen molar-refractivity contribution in [2.45, 2.75) is 18.2 Å². The number of fused-ring (bicyclic) bond motifs is 1. The first-order chi connectivity index (χ1) is 11.3. The van der Waals surface area contributed by atoms with Gasteiger partial charge in [-0.15, -0.1) is 4.40 Å². The van der Waals surface area contributed by atoms with Crippen molar-refractivity contribution in [3.8, 4) is 0 Å². The Morgan fingerprint density at radius 2 is 2.00 bits per heavy atom. The number of carbonyl (C=O) groups is 1. The molecule has 0 unspecified atom stereocenters. The maximum atomic E-state index is 12.2. The number of aryl methyl sites for hydroxylation is 1. The van der Waals surface area contributed by atoms with E-state index < -0.39 is 15.9 Å². The van der Waals surface area contributed by atoms with Crippen molar-refractivity contribution in [1.82, 2.24) is 0 Å². The second kappa shape index (κ2) is 6.26. The van der Waals surface area contributed by atoms with E-state index >= 15 is 0 Å². The average molecular weight is 364 g/mol. The number of halogens is 1. The monoisotopic (exact) mass is 363 g/mol. The van der Waals surface area contributed by atoms with Gasteiger partial charge in [-0.2, -0.15) is 8.42 Å². The highest BCUT2D eigenvalue weighted by molar-refractivity contribution is 7.90. The zero-order valence-corrected chi connectivity index (χ0v) is 14.3. The summed E-state index contributed by atoms with van der Waals surface area (Å²) >= 11 is 6.07. The third-order valence-electron chi connectivity index (χ3n) is 3.40. The first-order valence-electron chi connectivity index (χ1n) is 7.11. The first kappa shape index (κ1) is 16.5. The number of para-hydroxylation sites is 1. The summed E-state index contributed by atoms with van der Waals surface area (Å²) in [5.74, 6) is -0.351. The van der Waals surface area contributed by atoms with Crippen molar-refractivity contribution in [3.05, 3.63) is 53.1 Å². The standard InChI is InChI=1S/C16H14ClN3O3S/c1-10-6-7-12(11(17)8-10)19-16(21)9-15-18-13-4-2-3-5-14(13)24(22,23)20-15/h2-8H,9H2,1H3,(H,18,20)(H,19,21). The van der Waals surface area contributed by atoms with Gasteiger partial charge >= 0.3 is 0 Å². The number of sulfonamides is 1. The lowest BCUT2D eigenvalue weighted by atomic mass is 10.2. The molecule has 8 heteroatoms. The number of anilines is 2. The van der Waals surface area contributed by atoms with Gasteiger partial charge in [-0.25, -0.2) is 0 Å². The van der Waals surface area contributed by atoms with Crippen molar-refractivity contribution >= 4 is 44.7 Å². The van der Waals surface area contributed by atoms with E-state index in [2.05, 4.69) is 15.0 Å². The van der Waals surface area contributed by atoms with E-state index in [1.807, 2.05) is 13.0 Å². The van der Waals surface area contributed by atoms with Crippen LogP contribution in [0.1, 0.15) is 12.0 Å². The summed E-state index contributed by atoms with van der Waals surface area (Å²) in [6.45, 7) is 1.89. The molecule has 2 aromatic rings. The van der Waals surface area contributed by atoms with Crippen LogP contribution in [0.3, 0.4) is 0 Å². The Labute approximate surface area is 144 Å². The third kappa shape index (κ3) is 3.42. The lowest BCUT2D eigenvalue weighted by Crippen LogP contribution is -2.26. The summed E-state index contributed by atoms with van der Waals surface area (Å²) < 4.78 is 27.9. The smallest absolute Gasteiger partial charge is 0.286 e. The van der Waals surface area contributed by atoms with Crippen molar-refractivity contribution in [3.63, 3.8) is 0 Å². The Kier molecular flexibility index (Phi) is 4.29. The van der Waals surface area contributed by atoms with Crippen LogP contribution in [0.2, 0.25) is 5.02 Å². The Morgan fingerprint density at radius 3 is 2.75 bits per heavy atom. The fraction of sp³-hybridized carbons (Fsp3) is 0.125. The molecule has 1 amide bonds. The Balaban J connectivity index is 1.77. The van der Waals surface area contributed by atoms with Crippen LogP contribution in [0.15, 0.2) is 51.8 Å². The molecule has 3 rings (SSSR count). The van der Waals surface area contributed by atoms with Crippen LogP contribution in [0, 0.1) is 6.92 Å². The van der Waals surface area contributed by atoms with Crippen LogP contribution in [0.25, 0.3) is 0 Å². The van der Waals surface area contributed by atoms with E-state index in [1.54, 1.807) is 30.3 Å². The highest BCUT2D eigenvalue weighted by atomic mass is 35.5. The maximum Gasteiger partial charge on any atom is 0.286 e. The molecule has 124 valence electrons. The normalized spacial score (nSPS) is 15.0. The number of hydrogen-bond donors (Lipinski definition) is 2. The van der Waals surface area contributed by atoms with Crippen LogP contribution in [0.4, 0.5) is 11.4 Å². The van der Waals surface area contributed by atoms with Gasteiger partial charge in [0.2, 0.25) is 5.91 Å². The van der Waals surface area contributed by atoms with E-state index in [0.717, 1.165) is 5.56 Å². The summed E-state index contributed by atoms with van der Waals surface area (Å²) in [5, 5.41) is 5.94. The molecule has 0 aromatic heterocycles. The summed E-state index contributed by atoms with van der Waals surface area (Å²) in [6, 6.07) is 11.6. The highest BCUT2D eigenvalue weighted by Gasteiger charge is 2.25. The molecule has 24 heavy (non-hydrogen) atoms. The lowest BCUT2D eigenvalue weighted by molar-refractivity contribution is -0.115. The second-order valence-electron chi connectivity index (χ2n) is 5.34. The Morgan fingerprint density at radius 1 is 1.25 bits per heavy atom. The van der Waals surface area contributed by atoms with Crippen molar-refractivity contribution in [2.75, 3.05) is 10.6 Å². The number of amides is 1. The number of amidine groups is 1. The number of benzene rings is 2. The topological polar surface area (TPSA) is 87.6 Å².